The second kappa shape index (κ2) is 9.25. The van der Waals surface area contributed by atoms with Crippen molar-refractivity contribution in [2.75, 3.05) is 12.8 Å². The summed E-state index contributed by atoms with van der Waals surface area (Å²) in [6.07, 6.45) is 2.56. The molecule has 0 saturated carbocycles. The number of amides is 2. The second-order valence-electron chi connectivity index (χ2n) is 4.36. The van der Waals surface area contributed by atoms with Crippen molar-refractivity contribution >= 4 is 23.8 Å². The SMILES string of the molecule is CSCc1ccc(CNC(=O)NCCCC(=O)O)cc1. The Bertz CT molecular complexity index is 435. The van der Waals surface area contributed by atoms with Gasteiger partial charge in [-0.25, -0.2) is 4.79 Å². The summed E-state index contributed by atoms with van der Waals surface area (Å²) < 4.78 is 0. The summed E-state index contributed by atoms with van der Waals surface area (Å²) in [7, 11) is 0. The predicted octanol–water partition coefficient (Wildman–Crippen LogP) is 2.21. The summed E-state index contributed by atoms with van der Waals surface area (Å²) >= 11 is 1.77. The molecule has 0 aliphatic rings. The van der Waals surface area contributed by atoms with Crippen LogP contribution >= 0.6 is 11.8 Å². The van der Waals surface area contributed by atoms with E-state index in [1.807, 2.05) is 12.1 Å². The Morgan fingerprint density at radius 3 is 2.40 bits per heavy atom. The lowest BCUT2D eigenvalue weighted by atomic mass is 10.1. The monoisotopic (exact) mass is 296 g/mol. The molecule has 0 unspecified atom stereocenters. The molecule has 6 heteroatoms. The van der Waals surface area contributed by atoms with Crippen LogP contribution in [0.3, 0.4) is 0 Å². The molecule has 1 aromatic rings. The summed E-state index contributed by atoms with van der Waals surface area (Å²) in [5.41, 5.74) is 2.30. The van der Waals surface area contributed by atoms with Gasteiger partial charge in [-0.05, 0) is 23.8 Å². The smallest absolute Gasteiger partial charge is 0.315 e. The highest BCUT2D eigenvalue weighted by Crippen LogP contribution is 2.10. The van der Waals surface area contributed by atoms with Crippen molar-refractivity contribution in [2.24, 2.45) is 0 Å². The number of carbonyl (C=O) groups excluding carboxylic acids is 1. The molecule has 0 aliphatic carbocycles. The predicted molar refractivity (Wildman–Crippen MR) is 80.8 cm³/mol. The van der Waals surface area contributed by atoms with Crippen molar-refractivity contribution in [1.29, 1.82) is 0 Å². The van der Waals surface area contributed by atoms with Crippen molar-refractivity contribution < 1.29 is 14.7 Å². The number of hydrogen-bond acceptors (Lipinski definition) is 3. The molecule has 0 spiro atoms. The van der Waals surface area contributed by atoms with Gasteiger partial charge in [-0.3, -0.25) is 4.79 Å². The number of carboxylic acid groups (broad SMARTS) is 1. The Morgan fingerprint density at radius 1 is 1.15 bits per heavy atom. The molecule has 0 aliphatic heterocycles. The number of hydrogen-bond donors (Lipinski definition) is 3. The fraction of sp³-hybridized carbons (Fsp3) is 0.429. The van der Waals surface area contributed by atoms with E-state index in [4.69, 9.17) is 5.11 Å². The van der Waals surface area contributed by atoms with Crippen LogP contribution in [0.25, 0.3) is 0 Å². The van der Waals surface area contributed by atoms with Gasteiger partial charge in [-0.1, -0.05) is 24.3 Å². The third kappa shape index (κ3) is 7.04. The van der Waals surface area contributed by atoms with Crippen LogP contribution in [0.1, 0.15) is 24.0 Å². The molecule has 0 aromatic heterocycles. The van der Waals surface area contributed by atoms with E-state index in [9.17, 15) is 9.59 Å². The minimum Gasteiger partial charge on any atom is -0.481 e. The molecule has 0 saturated heterocycles. The van der Waals surface area contributed by atoms with Crippen molar-refractivity contribution in [2.45, 2.75) is 25.1 Å². The quantitative estimate of drug-likeness (QED) is 0.643. The van der Waals surface area contributed by atoms with E-state index < -0.39 is 5.97 Å². The van der Waals surface area contributed by atoms with E-state index in [2.05, 4.69) is 29.0 Å². The highest BCUT2D eigenvalue weighted by molar-refractivity contribution is 7.97. The number of nitrogens with one attached hydrogen (secondary N) is 2. The molecular formula is C14H20N2O3S. The molecule has 2 amide bonds. The Morgan fingerprint density at radius 2 is 1.80 bits per heavy atom. The van der Waals surface area contributed by atoms with Crippen molar-refractivity contribution in [1.82, 2.24) is 10.6 Å². The Kier molecular flexibility index (Phi) is 7.57. The summed E-state index contributed by atoms with van der Waals surface area (Å²) in [5, 5.41) is 13.8. The maximum atomic E-state index is 11.5. The van der Waals surface area contributed by atoms with Crippen LogP contribution in [0.4, 0.5) is 4.79 Å². The Labute approximate surface area is 123 Å². The van der Waals surface area contributed by atoms with Gasteiger partial charge in [0, 0.05) is 25.3 Å². The average Bonchev–Trinajstić information content (AvgIpc) is 2.43. The molecule has 110 valence electrons. The van der Waals surface area contributed by atoms with Crippen molar-refractivity contribution in [3.8, 4) is 0 Å². The van der Waals surface area contributed by atoms with Crippen LogP contribution in [0.15, 0.2) is 24.3 Å². The van der Waals surface area contributed by atoms with Crippen LogP contribution in [0.2, 0.25) is 0 Å². The summed E-state index contributed by atoms with van der Waals surface area (Å²) in [6.45, 7) is 0.828. The van der Waals surface area contributed by atoms with Crippen LogP contribution in [-0.2, 0) is 17.1 Å². The molecule has 0 radical (unpaired) electrons. The first kappa shape index (κ1) is 16.4. The zero-order valence-electron chi connectivity index (χ0n) is 11.5. The topological polar surface area (TPSA) is 78.4 Å². The number of carbonyl (C=O) groups is 2. The number of urea groups is 1. The first-order valence-corrected chi connectivity index (χ1v) is 7.81. The molecule has 5 nitrogen and oxygen atoms in total. The molecule has 0 atom stereocenters. The number of thioether (sulfide) groups is 1. The molecule has 1 rings (SSSR count). The molecule has 3 N–H and O–H groups in total. The van der Waals surface area contributed by atoms with Crippen LogP contribution in [-0.4, -0.2) is 29.9 Å². The second-order valence-corrected chi connectivity index (χ2v) is 5.22. The standard InChI is InChI=1S/C14H20N2O3S/c1-20-10-12-6-4-11(5-7-12)9-16-14(19)15-8-2-3-13(17)18/h4-7H,2-3,8-10H2,1H3,(H,17,18)(H2,15,16,19). The van der Waals surface area contributed by atoms with Crippen LogP contribution in [0, 0.1) is 0 Å². The van der Waals surface area contributed by atoms with Crippen LogP contribution in [0.5, 0.6) is 0 Å². The summed E-state index contributed by atoms with van der Waals surface area (Å²) in [5.74, 6) is 0.134. The summed E-state index contributed by atoms with van der Waals surface area (Å²) in [6, 6.07) is 7.83. The molecule has 1 aromatic carbocycles. The Balaban J connectivity index is 2.21. The fourth-order valence-electron chi connectivity index (χ4n) is 1.61. The first-order valence-electron chi connectivity index (χ1n) is 6.42. The zero-order chi connectivity index (χ0) is 14.8. The average molecular weight is 296 g/mol. The van der Waals surface area contributed by atoms with Gasteiger partial charge in [0.15, 0.2) is 0 Å². The van der Waals surface area contributed by atoms with Crippen molar-refractivity contribution in [3.05, 3.63) is 35.4 Å². The van der Waals surface area contributed by atoms with Gasteiger partial charge < -0.3 is 15.7 Å². The molecule has 0 bridgehead atoms. The third-order valence-corrected chi connectivity index (χ3v) is 3.26. The van der Waals surface area contributed by atoms with Gasteiger partial charge in [0.1, 0.15) is 0 Å². The van der Waals surface area contributed by atoms with Gasteiger partial charge in [-0.2, -0.15) is 11.8 Å². The van der Waals surface area contributed by atoms with Gasteiger partial charge in [-0.15, -0.1) is 0 Å². The minimum absolute atomic E-state index is 0.0666. The highest BCUT2D eigenvalue weighted by atomic mass is 32.2. The number of aliphatic carboxylic acids is 1. The van der Waals surface area contributed by atoms with Crippen LogP contribution < -0.4 is 10.6 Å². The minimum atomic E-state index is -0.849. The number of carboxylic acids is 1. The molecule has 0 fully saturated rings. The maximum Gasteiger partial charge on any atom is 0.315 e. The molecular weight excluding hydrogens is 276 g/mol. The van der Waals surface area contributed by atoms with Gasteiger partial charge in [0.2, 0.25) is 0 Å². The fourth-order valence-corrected chi connectivity index (χ4v) is 2.13. The maximum absolute atomic E-state index is 11.5. The van der Waals surface area contributed by atoms with E-state index in [0.29, 0.717) is 19.5 Å². The lowest BCUT2D eigenvalue weighted by Gasteiger charge is -2.07. The number of rotatable bonds is 8. The van der Waals surface area contributed by atoms with Gasteiger partial charge in [0.05, 0.1) is 0 Å². The third-order valence-electron chi connectivity index (χ3n) is 2.64. The van der Waals surface area contributed by atoms with E-state index in [0.717, 1.165) is 11.3 Å². The molecule has 0 heterocycles. The van der Waals surface area contributed by atoms with E-state index >= 15 is 0 Å². The van der Waals surface area contributed by atoms with E-state index in [-0.39, 0.29) is 12.5 Å². The number of benzene rings is 1. The highest BCUT2D eigenvalue weighted by Gasteiger charge is 2.01. The first-order chi connectivity index (χ1) is 9.61. The normalized spacial score (nSPS) is 10.1. The van der Waals surface area contributed by atoms with Gasteiger partial charge in [0.25, 0.3) is 0 Å². The lowest BCUT2D eigenvalue weighted by molar-refractivity contribution is -0.137. The lowest BCUT2D eigenvalue weighted by Crippen LogP contribution is -2.35. The van der Waals surface area contributed by atoms with Crippen molar-refractivity contribution in [3.63, 3.8) is 0 Å². The van der Waals surface area contributed by atoms with Gasteiger partial charge >= 0.3 is 12.0 Å². The van der Waals surface area contributed by atoms with E-state index in [1.54, 1.807) is 11.8 Å². The largest absolute Gasteiger partial charge is 0.481 e. The summed E-state index contributed by atoms with van der Waals surface area (Å²) in [4.78, 5) is 21.8. The zero-order valence-corrected chi connectivity index (χ0v) is 12.3. The molecule has 20 heavy (non-hydrogen) atoms. The van der Waals surface area contributed by atoms with E-state index in [1.165, 1.54) is 5.56 Å². The Hall–Kier alpha value is -1.69.